The van der Waals surface area contributed by atoms with Crippen LogP contribution in [0.4, 0.5) is 10.1 Å². The lowest BCUT2D eigenvalue weighted by Crippen LogP contribution is -2.48. The molecule has 0 aliphatic carbocycles. The number of hydrogen-bond acceptors (Lipinski definition) is 4. The van der Waals surface area contributed by atoms with E-state index in [1.54, 1.807) is 35.2 Å². The standard InChI is InChI=1S/C19H21ClFN3O3S/c1-28(26,27)22-17-6-3-14(4-7-17)19(25)24-10-8-23(9-11-24)13-15-2-5-16(21)12-18(15)20/h2-7,12,22H,8-11,13H2,1H3. The molecule has 0 saturated carbocycles. The van der Waals surface area contributed by atoms with Crippen molar-refractivity contribution in [2.75, 3.05) is 37.2 Å². The largest absolute Gasteiger partial charge is 0.336 e. The third-order valence-electron chi connectivity index (χ3n) is 4.50. The van der Waals surface area contributed by atoms with Gasteiger partial charge in [0.2, 0.25) is 10.0 Å². The number of amides is 1. The summed E-state index contributed by atoms with van der Waals surface area (Å²) in [6.07, 6.45) is 1.07. The van der Waals surface area contributed by atoms with Gasteiger partial charge in [0, 0.05) is 49.0 Å². The van der Waals surface area contributed by atoms with Crippen molar-refractivity contribution in [3.8, 4) is 0 Å². The second-order valence-corrected chi connectivity index (χ2v) is 8.91. The molecule has 0 bridgehead atoms. The molecule has 2 aromatic rings. The Morgan fingerprint density at radius 2 is 1.75 bits per heavy atom. The zero-order valence-corrected chi connectivity index (χ0v) is 16.9. The lowest BCUT2D eigenvalue weighted by molar-refractivity contribution is 0.0628. The molecule has 0 spiro atoms. The van der Waals surface area contributed by atoms with Gasteiger partial charge >= 0.3 is 0 Å². The Balaban J connectivity index is 1.56. The molecule has 3 rings (SSSR count). The van der Waals surface area contributed by atoms with Gasteiger partial charge in [-0.2, -0.15) is 0 Å². The molecule has 0 atom stereocenters. The van der Waals surface area contributed by atoms with Gasteiger partial charge in [-0.1, -0.05) is 17.7 Å². The van der Waals surface area contributed by atoms with Gasteiger partial charge in [-0.15, -0.1) is 0 Å². The predicted octanol–water partition coefficient (Wildman–Crippen LogP) is 2.81. The summed E-state index contributed by atoms with van der Waals surface area (Å²) in [6, 6.07) is 10.7. The number of anilines is 1. The first-order valence-electron chi connectivity index (χ1n) is 8.75. The second-order valence-electron chi connectivity index (χ2n) is 6.76. The number of halogens is 2. The number of sulfonamides is 1. The lowest BCUT2D eigenvalue weighted by Gasteiger charge is -2.35. The lowest BCUT2D eigenvalue weighted by atomic mass is 10.1. The highest BCUT2D eigenvalue weighted by atomic mass is 35.5. The normalized spacial score (nSPS) is 15.5. The number of hydrogen-bond donors (Lipinski definition) is 1. The molecule has 0 aromatic heterocycles. The van der Waals surface area contributed by atoms with E-state index in [0.717, 1.165) is 11.8 Å². The number of carbonyl (C=O) groups is 1. The summed E-state index contributed by atoms with van der Waals surface area (Å²) in [7, 11) is -3.35. The van der Waals surface area contributed by atoms with Gasteiger partial charge in [0.15, 0.2) is 0 Å². The van der Waals surface area contributed by atoms with E-state index in [2.05, 4.69) is 9.62 Å². The molecule has 9 heteroatoms. The highest BCUT2D eigenvalue weighted by Gasteiger charge is 2.22. The molecule has 2 aromatic carbocycles. The summed E-state index contributed by atoms with van der Waals surface area (Å²) in [6.45, 7) is 3.12. The number of nitrogens with zero attached hydrogens (tertiary/aromatic N) is 2. The van der Waals surface area contributed by atoms with E-state index in [1.807, 2.05) is 0 Å². The van der Waals surface area contributed by atoms with Gasteiger partial charge in [0.1, 0.15) is 5.82 Å². The Bertz CT molecular complexity index is 959. The minimum atomic E-state index is -3.35. The molecule has 150 valence electrons. The smallest absolute Gasteiger partial charge is 0.253 e. The maximum absolute atomic E-state index is 13.2. The van der Waals surface area contributed by atoms with Crippen molar-refractivity contribution in [2.45, 2.75) is 6.54 Å². The molecule has 1 saturated heterocycles. The zero-order chi connectivity index (χ0) is 20.3. The van der Waals surface area contributed by atoms with E-state index in [-0.39, 0.29) is 11.7 Å². The molecule has 1 heterocycles. The van der Waals surface area contributed by atoms with Crippen molar-refractivity contribution < 1.29 is 17.6 Å². The Hall–Kier alpha value is -2.16. The fourth-order valence-electron chi connectivity index (χ4n) is 3.08. The summed E-state index contributed by atoms with van der Waals surface area (Å²) in [5.74, 6) is -0.452. The van der Waals surface area contributed by atoms with Crippen LogP contribution in [0.15, 0.2) is 42.5 Å². The molecule has 0 unspecified atom stereocenters. The SMILES string of the molecule is CS(=O)(=O)Nc1ccc(C(=O)N2CCN(Cc3ccc(F)cc3Cl)CC2)cc1. The van der Waals surface area contributed by atoms with Gasteiger partial charge in [0.25, 0.3) is 5.91 Å². The zero-order valence-electron chi connectivity index (χ0n) is 15.4. The van der Waals surface area contributed by atoms with Crippen LogP contribution in [0.3, 0.4) is 0 Å². The van der Waals surface area contributed by atoms with Gasteiger partial charge in [0.05, 0.1) is 6.26 Å². The van der Waals surface area contributed by atoms with Gasteiger partial charge in [-0.25, -0.2) is 12.8 Å². The van der Waals surface area contributed by atoms with E-state index < -0.39 is 10.0 Å². The fraction of sp³-hybridized carbons (Fsp3) is 0.316. The molecular weight excluding hydrogens is 405 g/mol. The molecule has 1 amide bonds. The summed E-state index contributed by atoms with van der Waals surface area (Å²) >= 11 is 6.09. The predicted molar refractivity (Wildman–Crippen MR) is 107 cm³/mol. The van der Waals surface area contributed by atoms with Crippen molar-refractivity contribution in [1.82, 2.24) is 9.80 Å². The summed E-state index contributed by atoms with van der Waals surface area (Å²) in [5, 5.41) is 0.404. The molecule has 1 aliphatic heterocycles. The number of nitrogens with one attached hydrogen (secondary N) is 1. The number of rotatable bonds is 5. The van der Waals surface area contributed by atoms with E-state index in [9.17, 15) is 17.6 Å². The van der Waals surface area contributed by atoms with Crippen molar-refractivity contribution in [3.63, 3.8) is 0 Å². The highest BCUT2D eigenvalue weighted by molar-refractivity contribution is 7.92. The monoisotopic (exact) mass is 425 g/mol. The molecule has 0 radical (unpaired) electrons. The van der Waals surface area contributed by atoms with E-state index in [4.69, 9.17) is 11.6 Å². The van der Waals surface area contributed by atoms with Crippen molar-refractivity contribution in [3.05, 3.63) is 64.4 Å². The summed E-state index contributed by atoms with van der Waals surface area (Å²) < 4.78 is 38.0. The Morgan fingerprint density at radius 1 is 1.11 bits per heavy atom. The van der Waals surface area contributed by atoms with Crippen LogP contribution in [0.2, 0.25) is 5.02 Å². The second kappa shape index (κ2) is 8.46. The summed E-state index contributed by atoms with van der Waals surface area (Å²) in [5.41, 5.74) is 1.78. The molecule has 1 fully saturated rings. The first-order chi connectivity index (χ1) is 13.2. The van der Waals surface area contributed by atoms with Gasteiger partial charge in [-0.3, -0.25) is 14.4 Å². The summed E-state index contributed by atoms with van der Waals surface area (Å²) in [4.78, 5) is 16.6. The number of carbonyl (C=O) groups excluding carboxylic acids is 1. The highest BCUT2D eigenvalue weighted by Crippen LogP contribution is 2.20. The number of benzene rings is 2. The van der Waals surface area contributed by atoms with Crippen molar-refractivity contribution >= 4 is 33.2 Å². The Labute approximate surface area is 168 Å². The molecule has 1 aliphatic rings. The van der Waals surface area contributed by atoms with E-state index in [0.29, 0.717) is 49.0 Å². The van der Waals surface area contributed by atoms with Crippen LogP contribution in [-0.2, 0) is 16.6 Å². The van der Waals surface area contributed by atoms with Crippen LogP contribution in [0, 0.1) is 5.82 Å². The third-order valence-corrected chi connectivity index (χ3v) is 5.46. The van der Waals surface area contributed by atoms with E-state index in [1.165, 1.54) is 12.1 Å². The minimum absolute atomic E-state index is 0.0922. The quantitative estimate of drug-likeness (QED) is 0.799. The van der Waals surface area contributed by atoms with Crippen molar-refractivity contribution in [1.29, 1.82) is 0 Å². The molecule has 6 nitrogen and oxygen atoms in total. The van der Waals surface area contributed by atoms with Crippen molar-refractivity contribution in [2.24, 2.45) is 0 Å². The third kappa shape index (κ3) is 5.43. The first-order valence-corrected chi connectivity index (χ1v) is 11.0. The average molecular weight is 426 g/mol. The van der Waals surface area contributed by atoms with Crippen LogP contribution in [0.1, 0.15) is 15.9 Å². The maximum Gasteiger partial charge on any atom is 0.253 e. The topological polar surface area (TPSA) is 69.7 Å². The maximum atomic E-state index is 13.2. The van der Waals surface area contributed by atoms with Crippen LogP contribution in [0.5, 0.6) is 0 Å². The average Bonchev–Trinajstić information content (AvgIpc) is 2.63. The fourth-order valence-corrected chi connectivity index (χ4v) is 3.87. The van der Waals surface area contributed by atoms with Crippen LogP contribution < -0.4 is 4.72 Å². The molecule has 1 N–H and O–H groups in total. The number of piperazine rings is 1. The Morgan fingerprint density at radius 3 is 2.32 bits per heavy atom. The first kappa shape index (κ1) is 20.6. The van der Waals surface area contributed by atoms with Crippen LogP contribution in [-0.4, -0.2) is 56.6 Å². The molecule has 28 heavy (non-hydrogen) atoms. The molecular formula is C19H21ClFN3O3S. The Kier molecular flexibility index (Phi) is 6.22. The van der Waals surface area contributed by atoms with Gasteiger partial charge in [-0.05, 0) is 42.0 Å². The van der Waals surface area contributed by atoms with Crippen LogP contribution >= 0.6 is 11.6 Å². The van der Waals surface area contributed by atoms with E-state index >= 15 is 0 Å². The van der Waals surface area contributed by atoms with Crippen LogP contribution in [0.25, 0.3) is 0 Å². The minimum Gasteiger partial charge on any atom is -0.336 e. The van der Waals surface area contributed by atoms with Gasteiger partial charge < -0.3 is 4.90 Å².